The molecule has 0 aliphatic carbocycles. The maximum Gasteiger partial charge on any atom is 0.343 e. The van der Waals surface area contributed by atoms with E-state index < -0.39 is 5.97 Å². The predicted molar refractivity (Wildman–Crippen MR) is 130 cm³/mol. The minimum Gasteiger partial charge on any atom is -0.497 e. The van der Waals surface area contributed by atoms with Crippen molar-refractivity contribution >= 4 is 17.8 Å². The summed E-state index contributed by atoms with van der Waals surface area (Å²) in [6, 6.07) is 14.8. The maximum absolute atomic E-state index is 12.8. The molecule has 0 spiro atoms. The van der Waals surface area contributed by atoms with Crippen molar-refractivity contribution in [2.24, 2.45) is 0 Å². The van der Waals surface area contributed by atoms with Crippen LogP contribution in [0.1, 0.15) is 26.3 Å². The highest BCUT2D eigenvalue weighted by Crippen LogP contribution is 2.38. The molecule has 0 N–H and O–H groups in total. The number of carbonyl (C=O) groups excluding carboxylic acids is 2. The van der Waals surface area contributed by atoms with Gasteiger partial charge in [0.2, 0.25) is 5.75 Å². The zero-order valence-corrected chi connectivity index (χ0v) is 20.1. The minimum atomic E-state index is -0.609. The number of methoxy groups -OCH3 is 5. The first-order valence-corrected chi connectivity index (χ1v) is 10.5. The number of esters is 1. The van der Waals surface area contributed by atoms with Crippen molar-refractivity contribution in [1.29, 1.82) is 0 Å². The van der Waals surface area contributed by atoms with Crippen molar-refractivity contribution in [2.45, 2.75) is 0 Å². The number of hydrogen-bond donors (Lipinski definition) is 0. The van der Waals surface area contributed by atoms with Crippen LogP contribution < -0.4 is 28.4 Å². The monoisotopic (exact) mass is 478 g/mol. The Morgan fingerprint density at radius 2 is 1.37 bits per heavy atom. The molecule has 0 amide bonds. The number of rotatable bonds is 10. The molecule has 0 bridgehead atoms. The Kier molecular flexibility index (Phi) is 8.34. The van der Waals surface area contributed by atoms with Crippen LogP contribution in [0, 0.1) is 0 Å². The standard InChI is InChI=1S/C27H26O8/c1-30-19-10-12-23(31-2)21(16-19)22(28)11-9-17-7-6-8-20(13-17)35-27(29)18-14-24(32-3)26(34-5)25(15-18)33-4/h6-16H,1-5H3/b11-9+. The van der Waals surface area contributed by atoms with E-state index in [4.69, 9.17) is 28.4 Å². The molecule has 0 saturated carbocycles. The molecule has 35 heavy (non-hydrogen) atoms. The largest absolute Gasteiger partial charge is 0.497 e. The zero-order valence-electron chi connectivity index (χ0n) is 20.1. The molecule has 0 fully saturated rings. The smallest absolute Gasteiger partial charge is 0.343 e. The lowest BCUT2D eigenvalue weighted by Gasteiger charge is -2.13. The van der Waals surface area contributed by atoms with Crippen molar-refractivity contribution in [1.82, 2.24) is 0 Å². The first kappa shape index (κ1) is 25.2. The van der Waals surface area contributed by atoms with Gasteiger partial charge >= 0.3 is 5.97 Å². The molecule has 8 heteroatoms. The van der Waals surface area contributed by atoms with Gasteiger partial charge in [0.25, 0.3) is 0 Å². The van der Waals surface area contributed by atoms with Crippen LogP contribution in [0.25, 0.3) is 6.08 Å². The van der Waals surface area contributed by atoms with Crippen LogP contribution in [0.2, 0.25) is 0 Å². The fourth-order valence-corrected chi connectivity index (χ4v) is 3.31. The molecule has 0 heterocycles. The Hall–Kier alpha value is -4.46. The van der Waals surface area contributed by atoms with Crippen molar-refractivity contribution in [3.63, 3.8) is 0 Å². The summed E-state index contributed by atoms with van der Waals surface area (Å²) < 4.78 is 31.9. The van der Waals surface area contributed by atoms with Crippen molar-refractivity contribution in [3.8, 4) is 34.5 Å². The topological polar surface area (TPSA) is 89.5 Å². The molecular formula is C27H26O8. The molecule has 0 aliphatic heterocycles. The highest BCUT2D eigenvalue weighted by Gasteiger charge is 2.18. The van der Waals surface area contributed by atoms with Gasteiger partial charge in [-0.15, -0.1) is 0 Å². The van der Waals surface area contributed by atoms with Gasteiger partial charge in [-0.2, -0.15) is 0 Å². The molecule has 0 radical (unpaired) electrons. The molecule has 182 valence electrons. The summed E-state index contributed by atoms with van der Waals surface area (Å²) in [5.41, 5.74) is 1.25. The molecule has 0 atom stereocenters. The Bertz CT molecular complexity index is 1220. The zero-order chi connectivity index (χ0) is 25.4. The molecule has 0 unspecified atom stereocenters. The van der Waals surface area contributed by atoms with E-state index in [9.17, 15) is 9.59 Å². The summed E-state index contributed by atoms with van der Waals surface area (Å²) in [7, 11) is 7.42. The molecular weight excluding hydrogens is 452 g/mol. The molecule has 0 aliphatic rings. The van der Waals surface area contributed by atoms with Crippen molar-refractivity contribution < 1.29 is 38.0 Å². The molecule has 3 aromatic carbocycles. The maximum atomic E-state index is 12.8. The predicted octanol–water partition coefficient (Wildman–Crippen LogP) is 4.84. The van der Waals surface area contributed by atoms with E-state index in [2.05, 4.69) is 0 Å². The normalized spacial score (nSPS) is 10.5. The van der Waals surface area contributed by atoms with E-state index in [1.165, 1.54) is 53.8 Å². The third kappa shape index (κ3) is 5.92. The summed E-state index contributed by atoms with van der Waals surface area (Å²) in [5, 5.41) is 0. The summed E-state index contributed by atoms with van der Waals surface area (Å²) in [4.78, 5) is 25.5. The van der Waals surface area contributed by atoms with Crippen LogP contribution in [-0.2, 0) is 0 Å². The second-order valence-electron chi connectivity index (χ2n) is 7.14. The van der Waals surface area contributed by atoms with E-state index in [1.807, 2.05) is 0 Å². The summed E-state index contributed by atoms with van der Waals surface area (Å²) in [6.07, 6.45) is 3.04. The summed E-state index contributed by atoms with van der Waals surface area (Å²) in [5.74, 6) is 1.46. The van der Waals surface area contributed by atoms with Crippen molar-refractivity contribution in [3.05, 3.63) is 77.4 Å². The fraction of sp³-hybridized carbons (Fsp3) is 0.185. The number of allylic oxidation sites excluding steroid dienone is 1. The second kappa shape index (κ2) is 11.6. The van der Waals surface area contributed by atoms with Gasteiger partial charge in [0.15, 0.2) is 17.3 Å². The van der Waals surface area contributed by atoms with Crippen molar-refractivity contribution in [2.75, 3.05) is 35.5 Å². The molecule has 0 aromatic heterocycles. The van der Waals surface area contributed by atoms with Crippen LogP contribution in [0.15, 0.2) is 60.7 Å². The quantitative estimate of drug-likeness (QED) is 0.177. The van der Waals surface area contributed by atoms with Gasteiger partial charge in [0.05, 0.1) is 46.7 Å². The Morgan fingerprint density at radius 3 is 1.97 bits per heavy atom. The van der Waals surface area contributed by atoms with Crippen LogP contribution in [0.3, 0.4) is 0 Å². The SMILES string of the molecule is COc1ccc(OC)c(C(=O)/C=C/c2cccc(OC(=O)c3cc(OC)c(OC)c(OC)c3)c2)c1. The van der Waals surface area contributed by atoms with Crippen LogP contribution in [0.4, 0.5) is 0 Å². The number of ketones is 1. The molecule has 3 aromatic rings. The fourth-order valence-electron chi connectivity index (χ4n) is 3.31. The lowest BCUT2D eigenvalue weighted by Crippen LogP contribution is -2.09. The summed E-state index contributed by atoms with van der Waals surface area (Å²) in [6.45, 7) is 0. The highest BCUT2D eigenvalue weighted by atomic mass is 16.5. The lowest BCUT2D eigenvalue weighted by molar-refractivity contribution is 0.0733. The minimum absolute atomic E-state index is 0.223. The van der Waals surface area contributed by atoms with Gasteiger partial charge in [0, 0.05) is 0 Å². The van der Waals surface area contributed by atoms with Gasteiger partial charge in [0.1, 0.15) is 17.2 Å². The Labute approximate surface area is 203 Å². The van der Waals surface area contributed by atoms with Crippen LogP contribution in [-0.4, -0.2) is 47.3 Å². The lowest BCUT2D eigenvalue weighted by atomic mass is 10.1. The van der Waals surface area contributed by atoms with Gasteiger partial charge in [-0.1, -0.05) is 18.2 Å². The average Bonchev–Trinajstić information content (AvgIpc) is 2.90. The second-order valence-corrected chi connectivity index (χ2v) is 7.14. The van der Waals surface area contributed by atoms with Gasteiger partial charge < -0.3 is 28.4 Å². The Morgan fingerprint density at radius 1 is 0.686 bits per heavy atom. The first-order valence-electron chi connectivity index (χ1n) is 10.5. The van der Waals surface area contributed by atoms with E-state index in [0.717, 1.165) is 0 Å². The molecule has 8 nitrogen and oxygen atoms in total. The van der Waals surface area contributed by atoms with Gasteiger partial charge in [-0.3, -0.25) is 4.79 Å². The van der Waals surface area contributed by atoms with E-state index >= 15 is 0 Å². The van der Waals surface area contributed by atoms with Crippen LogP contribution >= 0.6 is 0 Å². The first-order chi connectivity index (χ1) is 16.9. The van der Waals surface area contributed by atoms with Gasteiger partial charge in [-0.25, -0.2) is 4.79 Å². The number of ether oxygens (including phenoxy) is 6. The van der Waals surface area contributed by atoms with E-state index in [-0.39, 0.29) is 11.3 Å². The van der Waals surface area contributed by atoms with Gasteiger partial charge in [-0.05, 0) is 54.1 Å². The number of carbonyl (C=O) groups is 2. The number of hydrogen-bond acceptors (Lipinski definition) is 8. The number of benzene rings is 3. The molecule has 0 saturated heterocycles. The van der Waals surface area contributed by atoms with Crippen LogP contribution in [0.5, 0.6) is 34.5 Å². The third-order valence-corrected chi connectivity index (χ3v) is 5.07. The van der Waals surface area contributed by atoms with E-state index in [0.29, 0.717) is 45.6 Å². The molecule has 3 rings (SSSR count). The Balaban J connectivity index is 1.80. The average molecular weight is 478 g/mol. The summed E-state index contributed by atoms with van der Waals surface area (Å²) >= 11 is 0. The third-order valence-electron chi connectivity index (χ3n) is 5.07. The highest BCUT2D eigenvalue weighted by molar-refractivity contribution is 6.09. The van der Waals surface area contributed by atoms with E-state index in [1.54, 1.807) is 48.5 Å².